The van der Waals surface area contributed by atoms with Gasteiger partial charge in [0.15, 0.2) is 0 Å². The molecule has 3 amide bonds. The van der Waals surface area contributed by atoms with Gasteiger partial charge in [-0.05, 0) is 29.7 Å². The quantitative estimate of drug-likeness (QED) is 0.790. The van der Waals surface area contributed by atoms with Gasteiger partial charge in [-0.3, -0.25) is 4.79 Å². The Morgan fingerprint density at radius 1 is 1.09 bits per heavy atom. The van der Waals surface area contributed by atoms with E-state index in [1.54, 1.807) is 18.2 Å². The zero-order chi connectivity index (χ0) is 16.2. The van der Waals surface area contributed by atoms with Crippen LogP contribution in [0.3, 0.4) is 0 Å². The monoisotopic (exact) mass is 309 g/mol. The molecule has 3 rings (SSSR count). The van der Waals surface area contributed by atoms with Gasteiger partial charge in [-0.1, -0.05) is 42.5 Å². The summed E-state index contributed by atoms with van der Waals surface area (Å²) >= 11 is 0. The molecular formula is C18H19N3O2. The first-order chi connectivity index (χ1) is 11.1. The highest BCUT2D eigenvalue weighted by atomic mass is 16.2. The number of primary amides is 1. The van der Waals surface area contributed by atoms with Crippen LogP contribution in [0.1, 0.15) is 33.8 Å². The van der Waals surface area contributed by atoms with Crippen LogP contribution in [0, 0.1) is 0 Å². The van der Waals surface area contributed by atoms with Crippen molar-refractivity contribution >= 4 is 11.9 Å². The lowest BCUT2D eigenvalue weighted by molar-refractivity contribution is 0.1000. The molecule has 0 aliphatic heterocycles. The normalized spacial score (nSPS) is 19.0. The van der Waals surface area contributed by atoms with Gasteiger partial charge in [-0.25, -0.2) is 4.79 Å². The number of carbonyl (C=O) groups is 2. The summed E-state index contributed by atoms with van der Waals surface area (Å²) in [5.74, 6) is -0.0693. The Hall–Kier alpha value is -2.82. The summed E-state index contributed by atoms with van der Waals surface area (Å²) in [7, 11) is 0. The van der Waals surface area contributed by atoms with Crippen LogP contribution in [-0.2, 0) is 6.54 Å². The Labute approximate surface area is 134 Å². The first-order valence-electron chi connectivity index (χ1n) is 7.61. The molecule has 2 aromatic rings. The fourth-order valence-electron chi connectivity index (χ4n) is 2.66. The molecular weight excluding hydrogens is 290 g/mol. The molecule has 4 N–H and O–H groups in total. The van der Waals surface area contributed by atoms with Gasteiger partial charge in [0, 0.05) is 24.1 Å². The van der Waals surface area contributed by atoms with Crippen LogP contribution in [0.15, 0.2) is 54.6 Å². The van der Waals surface area contributed by atoms with Crippen LogP contribution in [0.4, 0.5) is 4.79 Å². The average molecular weight is 309 g/mol. The summed E-state index contributed by atoms with van der Waals surface area (Å²) in [4.78, 5) is 23.1. The Kier molecular flexibility index (Phi) is 4.28. The standard InChI is InChI=1S/C18H19N3O2/c19-17(22)14-8-4-5-12(9-14)11-20-18(23)21-16-10-15(16)13-6-2-1-3-7-13/h1-9,15-16H,10-11H2,(H2,19,22)(H2,20,21,23). The van der Waals surface area contributed by atoms with Crippen molar-refractivity contribution in [3.05, 3.63) is 71.3 Å². The van der Waals surface area contributed by atoms with Crippen LogP contribution in [0.2, 0.25) is 0 Å². The predicted octanol–water partition coefficient (Wildman–Crippen LogP) is 2.14. The van der Waals surface area contributed by atoms with Gasteiger partial charge in [0.05, 0.1) is 0 Å². The summed E-state index contributed by atoms with van der Waals surface area (Å²) < 4.78 is 0. The molecule has 0 spiro atoms. The van der Waals surface area contributed by atoms with Crippen LogP contribution in [0.25, 0.3) is 0 Å². The van der Waals surface area contributed by atoms with E-state index >= 15 is 0 Å². The first-order valence-corrected chi connectivity index (χ1v) is 7.61. The van der Waals surface area contributed by atoms with Crippen molar-refractivity contribution in [1.29, 1.82) is 0 Å². The van der Waals surface area contributed by atoms with Gasteiger partial charge in [-0.15, -0.1) is 0 Å². The maximum atomic E-state index is 11.9. The number of amides is 3. The molecule has 1 fully saturated rings. The molecule has 0 heterocycles. The highest BCUT2D eigenvalue weighted by Gasteiger charge is 2.39. The van der Waals surface area contributed by atoms with Gasteiger partial charge in [0.2, 0.25) is 5.91 Å². The first kappa shape index (κ1) is 15.1. The second-order valence-electron chi connectivity index (χ2n) is 5.75. The molecule has 5 nitrogen and oxygen atoms in total. The van der Waals surface area contributed by atoms with Gasteiger partial charge < -0.3 is 16.4 Å². The molecule has 0 saturated heterocycles. The van der Waals surface area contributed by atoms with E-state index in [-0.39, 0.29) is 12.1 Å². The van der Waals surface area contributed by atoms with Crippen LogP contribution < -0.4 is 16.4 Å². The lowest BCUT2D eigenvalue weighted by Gasteiger charge is -2.08. The zero-order valence-electron chi connectivity index (χ0n) is 12.7. The van der Waals surface area contributed by atoms with E-state index in [0.717, 1.165) is 12.0 Å². The third-order valence-corrected chi connectivity index (χ3v) is 4.00. The molecule has 1 saturated carbocycles. The molecule has 2 atom stereocenters. The summed E-state index contributed by atoms with van der Waals surface area (Å²) in [6.45, 7) is 0.357. The minimum atomic E-state index is -0.472. The molecule has 2 aromatic carbocycles. The largest absolute Gasteiger partial charge is 0.366 e. The SMILES string of the molecule is NC(=O)c1cccc(CNC(=O)NC2CC2c2ccccc2)c1. The number of nitrogens with two attached hydrogens (primary N) is 1. The van der Waals surface area contributed by atoms with Crippen molar-refractivity contribution in [1.82, 2.24) is 10.6 Å². The number of rotatable bonds is 5. The van der Waals surface area contributed by atoms with Crippen molar-refractivity contribution in [3.63, 3.8) is 0 Å². The number of hydrogen-bond donors (Lipinski definition) is 3. The summed E-state index contributed by atoms with van der Waals surface area (Å²) in [5.41, 5.74) is 7.78. The van der Waals surface area contributed by atoms with Crippen LogP contribution in [-0.4, -0.2) is 18.0 Å². The molecule has 5 heteroatoms. The number of urea groups is 1. The number of nitrogens with one attached hydrogen (secondary N) is 2. The van der Waals surface area contributed by atoms with Crippen LogP contribution >= 0.6 is 0 Å². The topological polar surface area (TPSA) is 84.2 Å². The minimum Gasteiger partial charge on any atom is -0.366 e. The lowest BCUT2D eigenvalue weighted by atomic mass is 10.1. The molecule has 118 valence electrons. The summed E-state index contributed by atoms with van der Waals surface area (Å²) in [6.07, 6.45) is 0.967. The van der Waals surface area contributed by atoms with Crippen molar-refractivity contribution in [2.24, 2.45) is 5.73 Å². The lowest BCUT2D eigenvalue weighted by Crippen LogP contribution is -2.36. The predicted molar refractivity (Wildman–Crippen MR) is 87.9 cm³/mol. The molecule has 0 aromatic heterocycles. The average Bonchev–Trinajstić information content (AvgIpc) is 3.33. The molecule has 0 bridgehead atoms. The van der Waals surface area contributed by atoms with Crippen LogP contribution in [0.5, 0.6) is 0 Å². The van der Waals surface area contributed by atoms with E-state index in [9.17, 15) is 9.59 Å². The zero-order valence-corrected chi connectivity index (χ0v) is 12.7. The second-order valence-corrected chi connectivity index (χ2v) is 5.75. The van der Waals surface area contributed by atoms with E-state index in [2.05, 4.69) is 22.8 Å². The van der Waals surface area contributed by atoms with Gasteiger partial charge in [-0.2, -0.15) is 0 Å². The van der Waals surface area contributed by atoms with Crippen molar-refractivity contribution in [2.75, 3.05) is 0 Å². The summed E-state index contributed by atoms with van der Waals surface area (Å²) in [5, 5.41) is 5.77. The maximum absolute atomic E-state index is 11.9. The fourth-order valence-corrected chi connectivity index (χ4v) is 2.66. The van der Waals surface area contributed by atoms with Gasteiger partial charge >= 0.3 is 6.03 Å². The highest BCUT2D eigenvalue weighted by Crippen LogP contribution is 2.40. The Morgan fingerprint density at radius 2 is 1.87 bits per heavy atom. The molecule has 1 aliphatic rings. The smallest absolute Gasteiger partial charge is 0.315 e. The van der Waals surface area contributed by atoms with E-state index < -0.39 is 5.91 Å². The van der Waals surface area contributed by atoms with Crippen molar-refractivity contribution in [2.45, 2.75) is 24.9 Å². The van der Waals surface area contributed by atoms with E-state index in [1.807, 2.05) is 24.3 Å². The third-order valence-electron chi connectivity index (χ3n) is 4.00. The van der Waals surface area contributed by atoms with Gasteiger partial charge in [0.25, 0.3) is 0 Å². The van der Waals surface area contributed by atoms with E-state index in [1.165, 1.54) is 5.56 Å². The Balaban J connectivity index is 1.48. The van der Waals surface area contributed by atoms with Crippen molar-refractivity contribution in [3.8, 4) is 0 Å². The molecule has 23 heavy (non-hydrogen) atoms. The van der Waals surface area contributed by atoms with E-state index in [4.69, 9.17) is 5.73 Å². The van der Waals surface area contributed by atoms with E-state index in [0.29, 0.717) is 18.0 Å². The Morgan fingerprint density at radius 3 is 2.61 bits per heavy atom. The number of benzene rings is 2. The highest BCUT2D eigenvalue weighted by molar-refractivity contribution is 5.92. The van der Waals surface area contributed by atoms with Gasteiger partial charge in [0.1, 0.15) is 0 Å². The minimum absolute atomic E-state index is 0.189. The number of hydrogen-bond acceptors (Lipinski definition) is 2. The van der Waals surface area contributed by atoms with Crippen molar-refractivity contribution < 1.29 is 9.59 Å². The second kappa shape index (κ2) is 6.52. The maximum Gasteiger partial charge on any atom is 0.315 e. The fraction of sp³-hybridized carbons (Fsp3) is 0.222. The molecule has 2 unspecified atom stereocenters. The third kappa shape index (κ3) is 3.88. The summed E-state index contributed by atoms with van der Waals surface area (Å²) in [6, 6.07) is 17.1. The number of carbonyl (C=O) groups excluding carboxylic acids is 2. The Bertz CT molecular complexity index is 715. The molecule has 0 radical (unpaired) electrons. The molecule has 1 aliphatic carbocycles.